The van der Waals surface area contributed by atoms with Gasteiger partial charge >= 0.3 is 0 Å². The van der Waals surface area contributed by atoms with Crippen LogP contribution in [0.1, 0.15) is 83.3 Å². The van der Waals surface area contributed by atoms with Crippen molar-refractivity contribution < 1.29 is 0 Å². The molecule has 0 amide bonds. The lowest BCUT2D eigenvalue weighted by atomic mass is 9.75. The van der Waals surface area contributed by atoms with Crippen LogP contribution in [0.2, 0.25) is 0 Å². The number of rotatable bonds is 5. The Labute approximate surface area is 128 Å². The van der Waals surface area contributed by atoms with E-state index in [2.05, 4.69) is 45.3 Å². The third-order valence-corrected chi connectivity index (χ3v) is 5.69. The zero-order chi connectivity index (χ0) is 14.8. The van der Waals surface area contributed by atoms with Crippen LogP contribution in [0, 0.1) is 5.92 Å². The smallest absolute Gasteiger partial charge is 0.113 e. The molecule has 0 spiro atoms. The van der Waals surface area contributed by atoms with Gasteiger partial charge in [0.25, 0.3) is 0 Å². The Morgan fingerprint density at radius 3 is 2.40 bits per heavy atom. The molecule has 2 rings (SSSR count). The van der Waals surface area contributed by atoms with Gasteiger partial charge in [0.1, 0.15) is 5.01 Å². The van der Waals surface area contributed by atoms with Crippen molar-refractivity contribution >= 4 is 11.3 Å². The van der Waals surface area contributed by atoms with Gasteiger partial charge in [0.2, 0.25) is 0 Å². The van der Waals surface area contributed by atoms with Crippen molar-refractivity contribution in [2.45, 2.75) is 84.2 Å². The Balaban J connectivity index is 2.22. The van der Waals surface area contributed by atoms with Crippen molar-refractivity contribution in [3.8, 4) is 0 Å². The molecule has 20 heavy (non-hydrogen) atoms. The second-order valence-electron chi connectivity index (χ2n) is 6.96. The molecule has 1 N–H and O–H groups in total. The van der Waals surface area contributed by atoms with Crippen LogP contribution in [0.15, 0.2) is 5.38 Å². The largest absolute Gasteiger partial charge is 0.303 e. The molecular formula is C17H30N2S. The van der Waals surface area contributed by atoms with E-state index in [1.807, 2.05) is 11.3 Å². The maximum absolute atomic E-state index is 4.97. The average molecular weight is 295 g/mol. The molecule has 0 atom stereocenters. The summed E-state index contributed by atoms with van der Waals surface area (Å²) in [7, 11) is 0. The Morgan fingerprint density at radius 2 is 1.95 bits per heavy atom. The molecule has 1 aliphatic carbocycles. The van der Waals surface area contributed by atoms with Crippen LogP contribution < -0.4 is 5.32 Å². The molecule has 1 aromatic rings. The summed E-state index contributed by atoms with van der Waals surface area (Å²) in [5, 5.41) is 7.44. The number of nitrogens with zero attached hydrogens (tertiary/aromatic N) is 1. The summed E-state index contributed by atoms with van der Waals surface area (Å²) in [4.78, 5) is 4.97. The van der Waals surface area contributed by atoms with Gasteiger partial charge in [-0.05, 0) is 51.4 Å². The van der Waals surface area contributed by atoms with Crippen molar-refractivity contribution in [3.05, 3.63) is 16.1 Å². The molecule has 2 nitrogen and oxygen atoms in total. The second kappa shape index (κ2) is 6.57. The average Bonchev–Trinajstić information content (AvgIpc) is 2.89. The van der Waals surface area contributed by atoms with E-state index in [-0.39, 0.29) is 5.54 Å². The normalized spacial score (nSPS) is 27.4. The van der Waals surface area contributed by atoms with Gasteiger partial charge < -0.3 is 5.32 Å². The number of hydrogen-bond acceptors (Lipinski definition) is 3. The monoisotopic (exact) mass is 294 g/mol. The summed E-state index contributed by atoms with van der Waals surface area (Å²) in [6.07, 6.45) is 6.50. The summed E-state index contributed by atoms with van der Waals surface area (Å²) < 4.78 is 0. The first-order chi connectivity index (χ1) is 9.47. The van der Waals surface area contributed by atoms with E-state index in [1.54, 1.807) is 0 Å². The predicted molar refractivity (Wildman–Crippen MR) is 88.4 cm³/mol. The third kappa shape index (κ3) is 3.43. The fourth-order valence-electron chi connectivity index (χ4n) is 3.32. The summed E-state index contributed by atoms with van der Waals surface area (Å²) in [5.74, 6) is 1.45. The zero-order valence-electron chi connectivity index (χ0n) is 13.7. The Hall–Kier alpha value is -0.410. The first kappa shape index (κ1) is 16.0. The van der Waals surface area contributed by atoms with E-state index in [0.717, 1.165) is 5.92 Å². The van der Waals surface area contributed by atoms with Gasteiger partial charge in [-0.1, -0.05) is 27.2 Å². The lowest BCUT2D eigenvalue weighted by Gasteiger charge is -2.41. The van der Waals surface area contributed by atoms with Crippen LogP contribution in [0.3, 0.4) is 0 Å². The molecule has 1 heterocycles. The molecule has 0 saturated heterocycles. The molecule has 0 radical (unpaired) electrons. The number of hydrogen-bond donors (Lipinski definition) is 1. The van der Waals surface area contributed by atoms with Crippen LogP contribution in [-0.2, 0) is 5.54 Å². The van der Waals surface area contributed by atoms with Crippen LogP contribution in [0.4, 0.5) is 0 Å². The Kier molecular flexibility index (Phi) is 5.25. The van der Waals surface area contributed by atoms with Gasteiger partial charge in [0, 0.05) is 11.4 Å². The lowest BCUT2D eigenvalue weighted by Crippen LogP contribution is -2.48. The van der Waals surface area contributed by atoms with Gasteiger partial charge in [0.15, 0.2) is 0 Å². The number of nitrogens with one attached hydrogen (secondary N) is 1. The first-order valence-electron chi connectivity index (χ1n) is 8.20. The summed E-state index contributed by atoms with van der Waals surface area (Å²) in [5.41, 5.74) is 1.39. The molecule has 0 aromatic carbocycles. The van der Waals surface area contributed by atoms with Crippen LogP contribution >= 0.6 is 11.3 Å². The predicted octanol–water partition coefficient (Wildman–Crippen LogP) is 5.06. The Bertz CT molecular complexity index is 414. The van der Waals surface area contributed by atoms with E-state index in [9.17, 15) is 0 Å². The zero-order valence-corrected chi connectivity index (χ0v) is 14.5. The van der Waals surface area contributed by atoms with Gasteiger partial charge in [0.05, 0.1) is 11.2 Å². The van der Waals surface area contributed by atoms with E-state index < -0.39 is 0 Å². The topological polar surface area (TPSA) is 24.9 Å². The van der Waals surface area contributed by atoms with Crippen LogP contribution in [-0.4, -0.2) is 11.0 Å². The maximum atomic E-state index is 4.97. The molecule has 3 heteroatoms. The quantitative estimate of drug-likeness (QED) is 0.821. The minimum atomic E-state index is 0.137. The molecule has 0 unspecified atom stereocenters. The van der Waals surface area contributed by atoms with Crippen LogP contribution in [0.25, 0.3) is 0 Å². The van der Waals surface area contributed by atoms with Gasteiger partial charge in [-0.25, -0.2) is 4.98 Å². The SMILES string of the molecule is CCC1CCC(NC(C)C)(c2nc(C(C)C)cs2)CC1. The van der Waals surface area contributed by atoms with E-state index >= 15 is 0 Å². The van der Waals surface area contributed by atoms with Crippen LogP contribution in [0.5, 0.6) is 0 Å². The van der Waals surface area contributed by atoms with Crippen molar-refractivity contribution in [1.29, 1.82) is 0 Å². The molecular weight excluding hydrogens is 264 g/mol. The molecule has 1 fully saturated rings. The van der Waals surface area contributed by atoms with Gasteiger partial charge in [-0.3, -0.25) is 0 Å². The van der Waals surface area contributed by atoms with Crippen molar-refractivity contribution in [2.24, 2.45) is 5.92 Å². The summed E-state index contributed by atoms with van der Waals surface area (Å²) >= 11 is 1.86. The molecule has 114 valence electrons. The van der Waals surface area contributed by atoms with Gasteiger partial charge in [-0.15, -0.1) is 11.3 Å². The van der Waals surface area contributed by atoms with E-state index in [4.69, 9.17) is 4.98 Å². The summed E-state index contributed by atoms with van der Waals surface area (Å²) in [6.45, 7) is 11.3. The van der Waals surface area contributed by atoms with E-state index in [1.165, 1.54) is 42.8 Å². The first-order valence-corrected chi connectivity index (χ1v) is 9.08. The van der Waals surface area contributed by atoms with Gasteiger partial charge in [-0.2, -0.15) is 0 Å². The highest BCUT2D eigenvalue weighted by atomic mass is 32.1. The third-order valence-electron chi connectivity index (χ3n) is 4.62. The van der Waals surface area contributed by atoms with Crippen molar-refractivity contribution in [2.75, 3.05) is 0 Å². The minimum Gasteiger partial charge on any atom is -0.303 e. The molecule has 1 aromatic heterocycles. The lowest BCUT2D eigenvalue weighted by molar-refractivity contribution is 0.173. The fourth-order valence-corrected chi connectivity index (χ4v) is 4.53. The van der Waals surface area contributed by atoms with E-state index in [0.29, 0.717) is 12.0 Å². The highest BCUT2D eigenvalue weighted by molar-refractivity contribution is 7.09. The highest BCUT2D eigenvalue weighted by Crippen LogP contribution is 2.42. The second-order valence-corrected chi connectivity index (χ2v) is 7.82. The fraction of sp³-hybridized carbons (Fsp3) is 0.824. The number of aromatic nitrogens is 1. The Morgan fingerprint density at radius 1 is 1.30 bits per heavy atom. The molecule has 1 saturated carbocycles. The maximum Gasteiger partial charge on any atom is 0.113 e. The molecule has 0 aliphatic heterocycles. The molecule has 0 bridgehead atoms. The van der Waals surface area contributed by atoms with Crippen molar-refractivity contribution in [3.63, 3.8) is 0 Å². The standard InChI is InChI=1S/C17H30N2S/c1-6-14-7-9-17(10-8-14,19-13(4)5)16-18-15(11-20-16)12(2)3/h11-14,19H,6-10H2,1-5H3. The number of thiazole rings is 1. The minimum absolute atomic E-state index is 0.137. The van der Waals surface area contributed by atoms with Crippen molar-refractivity contribution in [1.82, 2.24) is 10.3 Å². The molecule has 1 aliphatic rings. The highest BCUT2D eigenvalue weighted by Gasteiger charge is 2.39. The summed E-state index contributed by atoms with van der Waals surface area (Å²) in [6, 6.07) is 0.513.